The number of aryl methyl sites for hydroxylation is 1. The van der Waals surface area contributed by atoms with Crippen LogP contribution in [0, 0.1) is 0 Å². The standard InChI is InChI=1S/C19H26N4O2/c1-21-17-8-7-14(12-16(17)20-19(21)25)18(24)23-11-5-6-15(23)13-22-9-3-2-4-10-22/h7-8,12,15H,2-6,9-11,13H2,1H3,(H,20,25). The molecule has 1 unspecified atom stereocenters. The number of hydrogen-bond acceptors (Lipinski definition) is 3. The second-order valence-electron chi connectivity index (χ2n) is 7.38. The van der Waals surface area contributed by atoms with E-state index in [0.29, 0.717) is 11.6 Å². The quantitative estimate of drug-likeness (QED) is 0.927. The van der Waals surface area contributed by atoms with Gasteiger partial charge in [0.1, 0.15) is 0 Å². The number of likely N-dealkylation sites (tertiary alicyclic amines) is 2. The molecule has 2 aromatic rings. The molecule has 1 aromatic carbocycles. The number of nitrogens with zero attached hydrogens (tertiary/aromatic N) is 3. The van der Waals surface area contributed by atoms with Gasteiger partial charge in [0, 0.05) is 31.7 Å². The average Bonchev–Trinajstić information content (AvgIpc) is 3.20. The first-order chi connectivity index (χ1) is 12.1. The number of nitrogens with one attached hydrogen (secondary N) is 1. The molecule has 0 saturated carbocycles. The third-order valence-electron chi connectivity index (χ3n) is 5.71. The van der Waals surface area contributed by atoms with Gasteiger partial charge in [-0.2, -0.15) is 0 Å². The van der Waals surface area contributed by atoms with Crippen molar-refractivity contribution in [1.82, 2.24) is 19.4 Å². The number of carbonyl (C=O) groups is 1. The molecule has 2 saturated heterocycles. The molecule has 2 aliphatic heterocycles. The lowest BCUT2D eigenvalue weighted by Crippen LogP contribution is -2.44. The minimum Gasteiger partial charge on any atom is -0.334 e. The molecule has 0 spiro atoms. The van der Waals surface area contributed by atoms with E-state index in [-0.39, 0.29) is 11.6 Å². The first-order valence-electron chi connectivity index (χ1n) is 9.35. The van der Waals surface area contributed by atoms with Crippen LogP contribution in [0.4, 0.5) is 0 Å². The first kappa shape index (κ1) is 16.4. The van der Waals surface area contributed by atoms with Gasteiger partial charge >= 0.3 is 5.69 Å². The maximum atomic E-state index is 13.0. The van der Waals surface area contributed by atoms with E-state index in [9.17, 15) is 9.59 Å². The molecule has 0 bridgehead atoms. The van der Waals surface area contributed by atoms with E-state index in [2.05, 4.69) is 9.88 Å². The highest BCUT2D eigenvalue weighted by molar-refractivity contribution is 5.97. The molecule has 1 N–H and O–H groups in total. The smallest absolute Gasteiger partial charge is 0.326 e. The Labute approximate surface area is 147 Å². The van der Waals surface area contributed by atoms with Crippen molar-refractivity contribution in [2.75, 3.05) is 26.2 Å². The van der Waals surface area contributed by atoms with Crippen molar-refractivity contribution in [3.05, 3.63) is 34.2 Å². The average molecular weight is 342 g/mol. The van der Waals surface area contributed by atoms with Crippen LogP contribution < -0.4 is 5.69 Å². The zero-order valence-corrected chi connectivity index (χ0v) is 14.8. The van der Waals surface area contributed by atoms with E-state index in [4.69, 9.17) is 0 Å². The summed E-state index contributed by atoms with van der Waals surface area (Å²) in [5, 5.41) is 0. The summed E-state index contributed by atoms with van der Waals surface area (Å²) in [5.74, 6) is 0.0890. The lowest BCUT2D eigenvalue weighted by Gasteiger charge is -2.33. The molecule has 25 heavy (non-hydrogen) atoms. The SMILES string of the molecule is Cn1c(=O)[nH]c2cc(C(=O)N3CCCC3CN3CCCCC3)ccc21. The fourth-order valence-electron chi connectivity index (χ4n) is 4.27. The molecule has 3 heterocycles. The third kappa shape index (κ3) is 3.11. The molecule has 1 amide bonds. The van der Waals surface area contributed by atoms with Gasteiger partial charge in [-0.25, -0.2) is 4.79 Å². The van der Waals surface area contributed by atoms with Crippen molar-refractivity contribution in [1.29, 1.82) is 0 Å². The Bertz CT molecular complexity index is 832. The first-order valence-corrected chi connectivity index (χ1v) is 9.35. The summed E-state index contributed by atoms with van der Waals surface area (Å²) in [4.78, 5) is 32.2. The minimum absolute atomic E-state index is 0.0890. The van der Waals surface area contributed by atoms with Crippen LogP contribution in [-0.2, 0) is 7.05 Å². The van der Waals surface area contributed by atoms with E-state index in [0.717, 1.165) is 50.1 Å². The third-order valence-corrected chi connectivity index (χ3v) is 5.71. The van der Waals surface area contributed by atoms with Gasteiger partial charge in [0.15, 0.2) is 0 Å². The number of amides is 1. The number of carbonyl (C=O) groups excluding carboxylic acids is 1. The molecule has 2 aliphatic rings. The monoisotopic (exact) mass is 342 g/mol. The van der Waals surface area contributed by atoms with Gasteiger partial charge < -0.3 is 14.8 Å². The van der Waals surface area contributed by atoms with Crippen LogP contribution in [0.2, 0.25) is 0 Å². The van der Waals surface area contributed by atoms with E-state index >= 15 is 0 Å². The lowest BCUT2D eigenvalue weighted by atomic mass is 10.1. The number of hydrogen-bond donors (Lipinski definition) is 1. The second-order valence-corrected chi connectivity index (χ2v) is 7.38. The Morgan fingerprint density at radius 2 is 1.96 bits per heavy atom. The van der Waals surface area contributed by atoms with Crippen molar-refractivity contribution < 1.29 is 4.79 Å². The highest BCUT2D eigenvalue weighted by Gasteiger charge is 2.31. The molecule has 2 fully saturated rings. The number of aromatic amines is 1. The predicted octanol–water partition coefficient (Wildman–Crippen LogP) is 1.96. The van der Waals surface area contributed by atoms with Gasteiger partial charge in [-0.15, -0.1) is 0 Å². The number of rotatable bonds is 3. The van der Waals surface area contributed by atoms with Gasteiger partial charge in [-0.05, 0) is 57.0 Å². The molecule has 4 rings (SSSR count). The van der Waals surface area contributed by atoms with Gasteiger partial charge in [0.05, 0.1) is 11.0 Å². The van der Waals surface area contributed by atoms with Crippen LogP contribution in [0.1, 0.15) is 42.5 Å². The summed E-state index contributed by atoms with van der Waals surface area (Å²) in [5.41, 5.74) is 2.07. The maximum absolute atomic E-state index is 13.0. The summed E-state index contributed by atoms with van der Waals surface area (Å²) >= 11 is 0. The predicted molar refractivity (Wildman–Crippen MR) is 97.9 cm³/mol. The molecule has 0 radical (unpaired) electrons. The zero-order chi connectivity index (χ0) is 17.4. The maximum Gasteiger partial charge on any atom is 0.326 e. The molecule has 134 valence electrons. The number of benzene rings is 1. The second kappa shape index (κ2) is 6.67. The Hall–Kier alpha value is -2.08. The normalized spacial score (nSPS) is 22.0. The molecule has 0 aliphatic carbocycles. The van der Waals surface area contributed by atoms with E-state index in [1.807, 2.05) is 23.1 Å². The number of imidazole rings is 1. The Morgan fingerprint density at radius 3 is 2.76 bits per heavy atom. The van der Waals surface area contributed by atoms with E-state index < -0.39 is 0 Å². The largest absolute Gasteiger partial charge is 0.334 e. The minimum atomic E-state index is -0.149. The summed E-state index contributed by atoms with van der Waals surface area (Å²) in [6, 6.07) is 5.83. The topological polar surface area (TPSA) is 61.3 Å². The van der Waals surface area contributed by atoms with Gasteiger partial charge in [0.2, 0.25) is 0 Å². The van der Waals surface area contributed by atoms with Crippen LogP contribution in [0.25, 0.3) is 11.0 Å². The van der Waals surface area contributed by atoms with Crippen molar-refractivity contribution in [3.63, 3.8) is 0 Å². The van der Waals surface area contributed by atoms with Crippen molar-refractivity contribution in [2.24, 2.45) is 7.05 Å². The van der Waals surface area contributed by atoms with Crippen LogP contribution in [0.15, 0.2) is 23.0 Å². The Kier molecular flexibility index (Phi) is 4.37. The number of aromatic nitrogens is 2. The summed E-state index contributed by atoms with van der Waals surface area (Å²) in [6.45, 7) is 4.16. The summed E-state index contributed by atoms with van der Waals surface area (Å²) < 4.78 is 1.57. The van der Waals surface area contributed by atoms with E-state index in [1.165, 1.54) is 19.3 Å². The number of fused-ring (bicyclic) bond motifs is 1. The molecular weight excluding hydrogens is 316 g/mol. The van der Waals surface area contributed by atoms with Crippen LogP contribution >= 0.6 is 0 Å². The van der Waals surface area contributed by atoms with Crippen LogP contribution in [0.3, 0.4) is 0 Å². The van der Waals surface area contributed by atoms with Gasteiger partial charge in [-0.3, -0.25) is 9.36 Å². The fraction of sp³-hybridized carbons (Fsp3) is 0.579. The highest BCUT2D eigenvalue weighted by atomic mass is 16.2. The molecule has 6 nitrogen and oxygen atoms in total. The summed E-state index contributed by atoms with van der Waals surface area (Å²) in [6.07, 6.45) is 6.05. The highest BCUT2D eigenvalue weighted by Crippen LogP contribution is 2.23. The van der Waals surface area contributed by atoms with Crippen molar-refractivity contribution in [2.45, 2.75) is 38.1 Å². The number of piperidine rings is 1. The van der Waals surface area contributed by atoms with Crippen LogP contribution in [-0.4, -0.2) is 57.5 Å². The number of H-pyrrole nitrogens is 1. The Morgan fingerprint density at radius 1 is 1.16 bits per heavy atom. The lowest BCUT2D eigenvalue weighted by molar-refractivity contribution is 0.0690. The van der Waals surface area contributed by atoms with Gasteiger partial charge in [0.25, 0.3) is 5.91 Å². The van der Waals surface area contributed by atoms with Gasteiger partial charge in [-0.1, -0.05) is 6.42 Å². The van der Waals surface area contributed by atoms with E-state index in [1.54, 1.807) is 11.6 Å². The van der Waals surface area contributed by atoms with Crippen LogP contribution in [0.5, 0.6) is 0 Å². The molecule has 6 heteroatoms. The summed E-state index contributed by atoms with van der Waals surface area (Å²) in [7, 11) is 1.73. The Balaban J connectivity index is 1.53. The van der Waals surface area contributed by atoms with Crippen molar-refractivity contribution >= 4 is 16.9 Å². The molecule has 1 aromatic heterocycles. The zero-order valence-electron chi connectivity index (χ0n) is 14.8. The molecular formula is C19H26N4O2. The molecule has 1 atom stereocenters. The van der Waals surface area contributed by atoms with Crippen molar-refractivity contribution in [3.8, 4) is 0 Å². The fourth-order valence-corrected chi connectivity index (χ4v) is 4.27.